The monoisotopic (exact) mass is 218 g/mol. The molecule has 80 valence electrons. The van der Waals surface area contributed by atoms with Crippen LogP contribution in [0.2, 0.25) is 0 Å². The number of nitrogens with two attached hydrogens (primary N) is 1. The lowest BCUT2D eigenvalue weighted by Crippen LogP contribution is -2.41. The molecule has 0 aromatic carbocycles. The zero-order valence-electron chi connectivity index (χ0n) is 7.90. The third kappa shape index (κ3) is 3.97. The second kappa shape index (κ2) is 5.87. The summed E-state index contributed by atoms with van der Waals surface area (Å²) in [4.78, 5) is 23.6. The van der Waals surface area contributed by atoms with Gasteiger partial charge in [-0.05, 0) is 0 Å². The van der Waals surface area contributed by atoms with Gasteiger partial charge in [-0.3, -0.25) is 9.59 Å². The molecule has 0 atom stereocenters. The molecule has 1 aliphatic rings. The summed E-state index contributed by atoms with van der Waals surface area (Å²) < 4.78 is 5.12. The van der Waals surface area contributed by atoms with Gasteiger partial charge in [0.25, 0.3) is 0 Å². The summed E-state index contributed by atoms with van der Waals surface area (Å²) in [5.41, 5.74) is 4.95. The van der Waals surface area contributed by atoms with Gasteiger partial charge in [-0.15, -0.1) is 11.8 Å². The predicted octanol–water partition coefficient (Wildman–Crippen LogP) is -0.936. The number of carbonyl (C=O) groups is 2. The number of nitrogens with zero attached hydrogens (tertiary/aromatic N) is 1. The minimum absolute atomic E-state index is 0.0551. The van der Waals surface area contributed by atoms with Crippen LogP contribution in [0.3, 0.4) is 0 Å². The van der Waals surface area contributed by atoms with Gasteiger partial charge in [-0.25, -0.2) is 0 Å². The Morgan fingerprint density at radius 3 is 2.50 bits per heavy atom. The Kier molecular flexibility index (Phi) is 4.75. The van der Waals surface area contributed by atoms with Crippen LogP contribution in [0.15, 0.2) is 0 Å². The number of ether oxygens (including phenoxy) is 1. The highest BCUT2D eigenvalue weighted by Crippen LogP contribution is 2.04. The smallest absolute Gasteiger partial charge is 0.232 e. The summed E-state index contributed by atoms with van der Waals surface area (Å²) in [6.45, 7) is 2.50. The molecule has 1 fully saturated rings. The van der Waals surface area contributed by atoms with Gasteiger partial charge in [0.15, 0.2) is 0 Å². The Hall–Kier alpha value is -0.750. The van der Waals surface area contributed by atoms with Crippen molar-refractivity contribution >= 4 is 23.6 Å². The first-order chi connectivity index (χ1) is 6.70. The predicted molar refractivity (Wildman–Crippen MR) is 53.9 cm³/mol. The molecule has 0 radical (unpaired) electrons. The van der Waals surface area contributed by atoms with E-state index < -0.39 is 0 Å². The molecule has 14 heavy (non-hydrogen) atoms. The molecular formula is C8H14N2O3S. The van der Waals surface area contributed by atoms with Gasteiger partial charge in [0.05, 0.1) is 24.7 Å². The van der Waals surface area contributed by atoms with Gasteiger partial charge in [-0.1, -0.05) is 0 Å². The third-order valence-corrected chi connectivity index (χ3v) is 2.77. The van der Waals surface area contributed by atoms with E-state index in [0.29, 0.717) is 32.1 Å². The van der Waals surface area contributed by atoms with Crippen molar-refractivity contribution < 1.29 is 14.3 Å². The molecule has 0 saturated carbocycles. The van der Waals surface area contributed by atoms with Gasteiger partial charge >= 0.3 is 0 Å². The molecule has 2 N–H and O–H groups in total. The number of primary amides is 1. The first-order valence-electron chi connectivity index (χ1n) is 4.41. The second-order valence-electron chi connectivity index (χ2n) is 2.95. The van der Waals surface area contributed by atoms with E-state index in [9.17, 15) is 9.59 Å². The maximum absolute atomic E-state index is 11.5. The molecule has 6 heteroatoms. The number of rotatable bonds is 4. The SMILES string of the molecule is NC(=O)CSCC(=O)N1CCOCC1. The standard InChI is InChI=1S/C8H14N2O3S/c9-7(11)5-14-6-8(12)10-1-3-13-4-2-10/h1-6H2,(H2,9,11). The largest absolute Gasteiger partial charge is 0.378 e. The second-order valence-corrected chi connectivity index (χ2v) is 3.94. The zero-order valence-corrected chi connectivity index (χ0v) is 8.72. The fraction of sp³-hybridized carbons (Fsp3) is 0.750. The number of carbonyl (C=O) groups excluding carboxylic acids is 2. The van der Waals surface area contributed by atoms with Crippen molar-refractivity contribution in [2.45, 2.75) is 0 Å². The Balaban J connectivity index is 2.16. The maximum atomic E-state index is 11.5. The molecule has 1 heterocycles. The first kappa shape index (κ1) is 11.3. The minimum atomic E-state index is -0.384. The molecule has 0 aliphatic carbocycles. The van der Waals surface area contributed by atoms with E-state index >= 15 is 0 Å². The van der Waals surface area contributed by atoms with Gasteiger partial charge in [-0.2, -0.15) is 0 Å². The summed E-state index contributed by atoms with van der Waals surface area (Å²) in [5.74, 6) is 0.197. The van der Waals surface area contributed by atoms with Crippen LogP contribution in [0, 0.1) is 0 Å². The number of morpholine rings is 1. The van der Waals surface area contributed by atoms with Gasteiger partial charge < -0.3 is 15.4 Å². The Morgan fingerprint density at radius 1 is 1.29 bits per heavy atom. The molecule has 1 rings (SSSR count). The molecule has 0 aromatic rings. The van der Waals surface area contributed by atoms with E-state index in [1.165, 1.54) is 11.8 Å². The Morgan fingerprint density at radius 2 is 1.93 bits per heavy atom. The van der Waals surface area contributed by atoms with Crippen molar-refractivity contribution in [2.75, 3.05) is 37.8 Å². The quantitative estimate of drug-likeness (QED) is 0.661. The highest BCUT2D eigenvalue weighted by atomic mass is 32.2. The van der Waals surface area contributed by atoms with E-state index in [1.807, 2.05) is 0 Å². The summed E-state index contributed by atoms with van der Waals surface area (Å²) in [6.07, 6.45) is 0. The van der Waals surface area contributed by atoms with Gasteiger partial charge in [0.2, 0.25) is 11.8 Å². The summed E-state index contributed by atoms with van der Waals surface area (Å²) in [6, 6.07) is 0. The van der Waals surface area contributed by atoms with Crippen molar-refractivity contribution in [3.8, 4) is 0 Å². The average Bonchev–Trinajstić information content (AvgIpc) is 2.18. The molecule has 0 spiro atoms. The zero-order chi connectivity index (χ0) is 10.4. The molecule has 1 aliphatic heterocycles. The first-order valence-corrected chi connectivity index (χ1v) is 5.57. The average molecular weight is 218 g/mol. The van der Waals surface area contributed by atoms with E-state index in [4.69, 9.17) is 10.5 Å². The number of hydrogen-bond donors (Lipinski definition) is 1. The molecule has 0 aromatic heterocycles. The van der Waals surface area contributed by atoms with Crippen LogP contribution in [-0.4, -0.2) is 54.5 Å². The minimum Gasteiger partial charge on any atom is -0.378 e. The number of amides is 2. The highest BCUT2D eigenvalue weighted by Gasteiger charge is 2.16. The number of hydrogen-bond acceptors (Lipinski definition) is 4. The summed E-state index contributed by atoms with van der Waals surface area (Å²) in [5, 5.41) is 0. The fourth-order valence-corrected chi connectivity index (χ4v) is 1.80. The molecular weight excluding hydrogens is 204 g/mol. The third-order valence-electron chi connectivity index (χ3n) is 1.83. The topological polar surface area (TPSA) is 72.6 Å². The van der Waals surface area contributed by atoms with Crippen LogP contribution >= 0.6 is 11.8 Å². The van der Waals surface area contributed by atoms with E-state index in [-0.39, 0.29) is 17.6 Å². The molecule has 1 saturated heterocycles. The summed E-state index contributed by atoms with van der Waals surface area (Å²) >= 11 is 1.26. The van der Waals surface area contributed by atoms with E-state index in [2.05, 4.69) is 0 Å². The van der Waals surface area contributed by atoms with Gasteiger partial charge in [0.1, 0.15) is 0 Å². The lowest BCUT2D eigenvalue weighted by Gasteiger charge is -2.26. The van der Waals surface area contributed by atoms with Crippen LogP contribution in [-0.2, 0) is 14.3 Å². The normalized spacial score (nSPS) is 16.7. The highest BCUT2D eigenvalue weighted by molar-refractivity contribution is 8.00. The summed E-state index contributed by atoms with van der Waals surface area (Å²) in [7, 11) is 0. The Bertz CT molecular complexity index is 217. The Labute approximate surface area is 86.9 Å². The molecule has 5 nitrogen and oxygen atoms in total. The van der Waals surface area contributed by atoms with Crippen molar-refractivity contribution in [1.29, 1.82) is 0 Å². The molecule has 0 unspecified atom stereocenters. The van der Waals surface area contributed by atoms with E-state index in [0.717, 1.165) is 0 Å². The van der Waals surface area contributed by atoms with Crippen LogP contribution < -0.4 is 5.73 Å². The van der Waals surface area contributed by atoms with Crippen molar-refractivity contribution in [1.82, 2.24) is 4.90 Å². The van der Waals surface area contributed by atoms with Gasteiger partial charge in [0, 0.05) is 13.1 Å². The van der Waals surface area contributed by atoms with Crippen LogP contribution in [0.1, 0.15) is 0 Å². The molecule has 2 amide bonds. The fourth-order valence-electron chi connectivity index (χ4n) is 1.14. The maximum Gasteiger partial charge on any atom is 0.232 e. The lowest BCUT2D eigenvalue weighted by atomic mass is 10.4. The van der Waals surface area contributed by atoms with Crippen LogP contribution in [0.5, 0.6) is 0 Å². The van der Waals surface area contributed by atoms with E-state index in [1.54, 1.807) is 4.90 Å². The number of thioether (sulfide) groups is 1. The van der Waals surface area contributed by atoms with Crippen molar-refractivity contribution in [3.05, 3.63) is 0 Å². The van der Waals surface area contributed by atoms with Crippen molar-refractivity contribution in [2.24, 2.45) is 5.73 Å². The van der Waals surface area contributed by atoms with Crippen LogP contribution in [0.25, 0.3) is 0 Å². The van der Waals surface area contributed by atoms with Crippen molar-refractivity contribution in [3.63, 3.8) is 0 Å². The lowest BCUT2D eigenvalue weighted by molar-refractivity contribution is -0.132. The van der Waals surface area contributed by atoms with Crippen LogP contribution in [0.4, 0.5) is 0 Å². The molecule has 0 bridgehead atoms.